The zero-order chi connectivity index (χ0) is 11.0. The predicted molar refractivity (Wildman–Crippen MR) is 51.6 cm³/mol. The molecule has 0 aliphatic carbocycles. The van der Waals surface area contributed by atoms with Crippen LogP contribution in [0.5, 0.6) is 0 Å². The molecule has 84 valence electrons. The third-order valence-corrected chi connectivity index (χ3v) is 1.78. The standard InChI is InChI=1S/C8H20N3O3/c1-5-9(6-2)13-11(12)14-10(7-3)8-4/h5-8H2,1-4H3/q+1. The lowest BCUT2D eigenvalue weighted by atomic mass is 10.6. The highest BCUT2D eigenvalue weighted by molar-refractivity contribution is 4.29. The quantitative estimate of drug-likeness (QED) is 0.557. The summed E-state index contributed by atoms with van der Waals surface area (Å²) in [6, 6.07) is 0. The Morgan fingerprint density at radius 2 is 1.14 bits per heavy atom. The van der Waals surface area contributed by atoms with E-state index >= 15 is 0 Å². The maximum absolute atomic E-state index is 11.1. The van der Waals surface area contributed by atoms with Crippen molar-refractivity contribution in [1.29, 1.82) is 0 Å². The fraction of sp³-hybridized carbons (Fsp3) is 1.00. The Kier molecular flexibility index (Phi) is 7.04. The third-order valence-electron chi connectivity index (χ3n) is 1.78. The van der Waals surface area contributed by atoms with Gasteiger partial charge in [-0.25, -0.2) is 0 Å². The highest BCUT2D eigenvalue weighted by atomic mass is 17.1. The molecule has 6 nitrogen and oxygen atoms in total. The number of hydrogen-bond acceptors (Lipinski definition) is 5. The minimum atomic E-state index is 0.125. The van der Waals surface area contributed by atoms with Crippen LogP contribution < -0.4 is 0 Å². The van der Waals surface area contributed by atoms with Crippen molar-refractivity contribution < 1.29 is 15.0 Å². The Bertz CT molecular complexity index is 142. The van der Waals surface area contributed by atoms with Gasteiger partial charge < -0.3 is 0 Å². The van der Waals surface area contributed by atoms with Crippen molar-refractivity contribution in [1.82, 2.24) is 10.1 Å². The normalized spacial score (nSPS) is 10.7. The molecule has 0 atom stereocenters. The molecule has 0 N–H and O–H groups in total. The molecular formula is C8H20N3O3+. The average Bonchev–Trinajstić information content (AvgIpc) is 2.22. The first-order valence-corrected chi connectivity index (χ1v) is 5.01. The first kappa shape index (κ1) is 13.1. The van der Waals surface area contributed by atoms with E-state index < -0.39 is 0 Å². The van der Waals surface area contributed by atoms with E-state index in [0.717, 1.165) is 0 Å². The van der Waals surface area contributed by atoms with E-state index in [1.807, 2.05) is 27.7 Å². The number of rotatable bonds is 8. The molecule has 0 unspecified atom stereocenters. The smallest absolute Gasteiger partial charge is 0.0714 e. The summed E-state index contributed by atoms with van der Waals surface area (Å²) < 4.78 is 0. The van der Waals surface area contributed by atoms with E-state index in [0.29, 0.717) is 26.2 Å². The summed E-state index contributed by atoms with van der Waals surface area (Å²) >= 11 is 0. The highest BCUT2D eigenvalue weighted by Crippen LogP contribution is 1.94. The first-order chi connectivity index (χ1) is 6.67. The lowest BCUT2D eigenvalue weighted by Gasteiger charge is -2.11. The summed E-state index contributed by atoms with van der Waals surface area (Å²) in [7, 11) is 0. The van der Waals surface area contributed by atoms with Crippen LogP contribution in [0.4, 0.5) is 0 Å². The summed E-state index contributed by atoms with van der Waals surface area (Å²) in [5.74, 6) is 0. The van der Waals surface area contributed by atoms with Crippen LogP contribution in [0.15, 0.2) is 0 Å². The summed E-state index contributed by atoms with van der Waals surface area (Å²) in [5.41, 5.74) is 0. The monoisotopic (exact) mass is 206 g/mol. The van der Waals surface area contributed by atoms with Gasteiger partial charge in [0.1, 0.15) is 4.91 Å². The van der Waals surface area contributed by atoms with Gasteiger partial charge in [0.15, 0.2) is 0 Å². The van der Waals surface area contributed by atoms with E-state index in [1.165, 1.54) is 10.1 Å². The highest BCUT2D eigenvalue weighted by Gasteiger charge is 2.21. The molecule has 0 rings (SSSR count). The number of hydrogen-bond donors (Lipinski definition) is 0. The number of hydroxylamine groups is 4. The Morgan fingerprint density at radius 1 is 0.857 bits per heavy atom. The van der Waals surface area contributed by atoms with Crippen LogP contribution in [0.3, 0.4) is 0 Å². The molecule has 0 saturated heterocycles. The van der Waals surface area contributed by atoms with Crippen LogP contribution in [-0.2, 0) is 9.88 Å². The maximum atomic E-state index is 11.1. The van der Waals surface area contributed by atoms with Crippen molar-refractivity contribution >= 4 is 0 Å². The van der Waals surface area contributed by atoms with Gasteiger partial charge in [-0.15, -0.1) is 0 Å². The van der Waals surface area contributed by atoms with Crippen LogP contribution in [0, 0.1) is 4.91 Å². The summed E-state index contributed by atoms with van der Waals surface area (Å²) in [4.78, 5) is 20.7. The molecular weight excluding hydrogens is 186 g/mol. The molecule has 0 spiro atoms. The third kappa shape index (κ3) is 4.98. The van der Waals surface area contributed by atoms with Crippen molar-refractivity contribution in [2.75, 3.05) is 26.2 Å². The van der Waals surface area contributed by atoms with E-state index in [9.17, 15) is 4.91 Å². The van der Waals surface area contributed by atoms with Crippen molar-refractivity contribution in [2.45, 2.75) is 27.7 Å². The van der Waals surface area contributed by atoms with Gasteiger partial charge in [0, 0.05) is 26.2 Å². The fourth-order valence-electron chi connectivity index (χ4n) is 0.882. The van der Waals surface area contributed by atoms with Crippen molar-refractivity contribution in [3.05, 3.63) is 4.91 Å². The second-order valence-electron chi connectivity index (χ2n) is 2.62. The van der Waals surface area contributed by atoms with E-state index in [4.69, 9.17) is 9.88 Å². The number of nitrogens with zero attached hydrogens (tertiary/aromatic N) is 3. The Labute approximate surface area is 84.8 Å². The van der Waals surface area contributed by atoms with E-state index in [2.05, 4.69) is 0 Å². The maximum Gasteiger partial charge on any atom is 0.519 e. The molecule has 0 radical (unpaired) electrons. The largest absolute Gasteiger partial charge is 0.519 e. The molecule has 0 aromatic heterocycles. The Morgan fingerprint density at radius 3 is 1.36 bits per heavy atom. The van der Waals surface area contributed by atoms with Gasteiger partial charge in [0.2, 0.25) is 0 Å². The van der Waals surface area contributed by atoms with Crippen molar-refractivity contribution in [2.24, 2.45) is 0 Å². The van der Waals surface area contributed by atoms with Crippen LogP contribution in [0.1, 0.15) is 27.7 Å². The molecule has 0 fully saturated rings. The lowest BCUT2D eigenvalue weighted by Crippen LogP contribution is -2.34. The molecule has 0 aliphatic rings. The average molecular weight is 206 g/mol. The molecule has 0 aromatic rings. The summed E-state index contributed by atoms with van der Waals surface area (Å²) in [6.07, 6.45) is 0. The van der Waals surface area contributed by atoms with Crippen molar-refractivity contribution in [3.8, 4) is 0 Å². The zero-order valence-electron chi connectivity index (χ0n) is 9.39. The second-order valence-corrected chi connectivity index (χ2v) is 2.62. The lowest BCUT2D eigenvalue weighted by molar-refractivity contribution is -1.04. The van der Waals surface area contributed by atoms with Gasteiger partial charge >= 0.3 is 5.09 Å². The Hall–Kier alpha value is -0.880. The topological polar surface area (TPSA) is 45.0 Å². The Balaban J connectivity index is 3.83. The SMILES string of the molecule is CCN(CC)O[N+](=O)ON(CC)CC. The molecule has 6 heteroatoms. The molecule has 14 heavy (non-hydrogen) atoms. The molecule has 0 saturated carbocycles. The van der Waals surface area contributed by atoms with Gasteiger partial charge in [-0.05, 0) is 27.7 Å². The minimum absolute atomic E-state index is 0.125. The molecule has 0 aliphatic heterocycles. The fourth-order valence-corrected chi connectivity index (χ4v) is 0.882. The molecule has 0 heterocycles. The van der Waals surface area contributed by atoms with E-state index in [1.54, 1.807) is 0 Å². The van der Waals surface area contributed by atoms with Gasteiger partial charge in [-0.2, -0.15) is 0 Å². The second kappa shape index (κ2) is 7.52. The first-order valence-electron chi connectivity index (χ1n) is 5.01. The van der Waals surface area contributed by atoms with Crippen LogP contribution >= 0.6 is 0 Å². The summed E-state index contributed by atoms with van der Waals surface area (Å²) in [6.45, 7) is 10.1. The minimum Gasteiger partial charge on any atom is -0.0714 e. The molecule has 0 aromatic carbocycles. The summed E-state index contributed by atoms with van der Waals surface area (Å²) in [5, 5.41) is 3.12. The van der Waals surface area contributed by atoms with Gasteiger partial charge in [-0.1, -0.05) is 20.0 Å². The van der Waals surface area contributed by atoms with Gasteiger partial charge in [0.05, 0.1) is 0 Å². The zero-order valence-corrected chi connectivity index (χ0v) is 9.39. The molecule has 0 amide bonds. The molecule has 0 bridgehead atoms. The van der Waals surface area contributed by atoms with Crippen LogP contribution in [0.2, 0.25) is 0 Å². The van der Waals surface area contributed by atoms with Gasteiger partial charge in [-0.3, -0.25) is 0 Å². The van der Waals surface area contributed by atoms with Gasteiger partial charge in [0.25, 0.3) is 0 Å². The van der Waals surface area contributed by atoms with Crippen molar-refractivity contribution in [3.63, 3.8) is 0 Å². The van der Waals surface area contributed by atoms with Crippen LogP contribution in [0.25, 0.3) is 0 Å². The van der Waals surface area contributed by atoms with E-state index in [-0.39, 0.29) is 5.09 Å². The van der Waals surface area contributed by atoms with Crippen LogP contribution in [-0.4, -0.2) is 41.4 Å². The predicted octanol–water partition coefficient (Wildman–Crippen LogP) is 1.14.